The van der Waals surface area contributed by atoms with Crippen molar-refractivity contribution >= 4 is 64.9 Å². The van der Waals surface area contributed by atoms with E-state index in [0.29, 0.717) is 0 Å². The molecular weight excluding hydrogens is 494 g/mol. The van der Waals surface area contributed by atoms with Crippen LogP contribution in [0.1, 0.15) is 0 Å². The van der Waals surface area contributed by atoms with Gasteiger partial charge in [-0.1, -0.05) is 127 Å². The highest BCUT2D eigenvalue weighted by atomic mass is 15.0. The minimum absolute atomic E-state index is 1.21. The van der Waals surface area contributed by atoms with Crippen molar-refractivity contribution in [2.45, 2.75) is 0 Å². The second-order valence-corrected chi connectivity index (χ2v) is 10.9. The molecule has 190 valence electrons. The van der Waals surface area contributed by atoms with E-state index in [9.17, 15) is 0 Å². The summed E-state index contributed by atoms with van der Waals surface area (Å²) in [5, 5.41) is 12.8. The smallest absolute Gasteiger partial charge is 0.0546 e. The van der Waals surface area contributed by atoms with Crippen LogP contribution in [0.4, 0.5) is 0 Å². The van der Waals surface area contributed by atoms with E-state index in [1.165, 1.54) is 81.7 Å². The maximum absolute atomic E-state index is 2.46. The van der Waals surface area contributed by atoms with Crippen LogP contribution in [0.5, 0.6) is 0 Å². The van der Waals surface area contributed by atoms with Crippen molar-refractivity contribution < 1.29 is 0 Å². The summed E-state index contributed by atoms with van der Waals surface area (Å²) in [7, 11) is 0. The lowest BCUT2D eigenvalue weighted by atomic mass is 9.88. The summed E-state index contributed by atoms with van der Waals surface area (Å²) in [4.78, 5) is 0. The molecule has 9 rings (SSSR count). The van der Waals surface area contributed by atoms with Crippen LogP contribution in [0.25, 0.3) is 81.7 Å². The predicted octanol–water partition coefficient (Wildman–Crippen LogP) is 11.1. The minimum atomic E-state index is 1.21. The predicted molar refractivity (Wildman–Crippen MR) is 176 cm³/mol. The molecule has 0 fully saturated rings. The Bertz CT molecular complexity index is 2420. The first kappa shape index (κ1) is 22.4. The Balaban J connectivity index is 1.48. The van der Waals surface area contributed by atoms with E-state index in [-0.39, 0.29) is 0 Å². The summed E-state index contributed by atoms with van der Waals surface area (Å²) in [6, 6.07) is 55.6. The minimum Gasteiger partial charge on any atom is -0.309 e. The molecule has 0 aliphatic heterocycles. The molecule has 0 spiro atoms. The molecule has 0 N–H and O–H groups in total. The van der Waals surface area contributed by atoms with E-state index in [1.807, 2.05) is 0 Å². The lowest BCUT2D eigenvalue weighted by Gasteiger charge is -2.18. The van der Waals surface area contributed by atoms with Gasteiger partial charge in [-0.15, -0.1) is 0 Å². The standard InChI is InChI=1S/C40H25N/c1-2-14-28-26(12-1)13-11-21-29(28)36-24-27-25-39(41-37-22-9-7-16-31(37)32-17-8-10-23-38(32)41)33-18-4-6-20-35(33)40(27)34-19-5-3-15-30(34)36/h1-25H. The molecule has 41 heavy (non-hydrogen) atoms. The zero-order valence-corrected chi connectivity index (χ0v) is 22.4. The molecular formula is C40H25N. The van der Waals surface area contributed by atoms with Gasteiger partial charge in [0, 0.05) is 16.2 Å². The lowest BCUT2D eigenvalue weighted by Crippen LogP contribution is -1.97. The Labute approximate surface area is 237 Å². The largest absolute Gasteiger partial charge is 0.309 e. The maximum Gasteiger partial charge on any atom is 0.0546 e. The number of hydrogen-bond acceptors (Lipinski definition) is 0. The van der Waals surface area contributed by atoms with E-state index in [2.05, 4.69) is 156 Å². The molecule has 0 radical (unpaired) electrons. The molecule has 0 amide bonds. The Morgan fingerprint density at radius 2 is 0.829 bits per heavy atom. The first-order chi connectivity index (χ1) is 20.4. The highest BCUT2D eigenvalue weighted by molar-refractivity contribution is 6.26. The molecule has 0 atom stereocenters. The van der Waals surface area contributed by atoms with Crippen LogP contribution in [0.15, 0.2) is 152 Å². The summed E-state index contributed by atoms with van der Waals surface area (Å²) in [6.45, 7) is 0. The third-order valence-electron chi connectivity index (χ3n) is 8.74. The van der Waals surface area contributed by atoms with Gasteiger partial charge in [0.05, 0.1) is 16.7 Å². The van der Waals surface area contributed by atoms with Crippen molar-refractivity contribution in [1.29, 1.82) is 0 Å². The van der Waals surface area contributed by atoms with E-state index in [1.54, 1.807) is 0 Å². The van der Waals surface area contributed by atoms with Gasteiger partial charge in [0.2, 0.25) is 0 Å². The summed E-state index contributed by atoms with van der Waals surface area (Å²) in [5.41, 5.74) is 6.22. The van der Waals surface area contributed by atoms with Gasteiger partial charge in [0.25, 0.3) is 0 Å². The van der Waals surface area contributed by atoms with E-state index in [0.717, 1.165) is 0 Å². The van der Waals surface area contributed by atoms with Gasteiger partial charge in [-0.05, 0) is 73.1 Å². The average molecular weight is 520 g/mol. The number of benzene rings is 8. The Hall–Kier alpha value is -5.40. The zero-order chi connectivity index (χ0) is 26.9. The lowest BCUT2D eigenvalue weighted by molar-refractivity contribution is 1.20. The van der Waals surface area contributed by atoms with Crippen molar-refractivity contribution in [3.05, 3.63) is 152 Å². The van der Waals surface area contributed by atoms with Gasteiger partial charge in [-0.3, -0.25) is 0 Å². The van der Waals surface area contributed by atoms with Gasteiger partial charge in [0.15, 0.2) is 0 Å². The van der Waals surface area contributed by atoms with Crippen molar-refractivity contribution in [3.8, 4) is 16.8 Å². The van der Waals surface area contributed by atoms with Crippen LogP contribution in [-0.2, 0) is 0 Å². The summed E-state index contributed by atoms with van der Waals surface area (Å²) >= 11 is 0. The van der Waals surface area contributed by atoms with Crippen LogP contribution in [-0.4, -0.2) is 4.57 Å². The van der Waals surface area contributed by atoms with Gasteiger partial charge in [-0.25, -0.2) is 0 Å². The molecule has 1 heterocycles. The van der Waals surface area contributed by atoms with Crippen LogP contribution in [0.2, 0.25) is 0 Å². The van der Waals surface area contributed by atoms with Crippen molar-refractivity contribution in [1.82, 2.24) is 4.57 Å². The third-order valence-corrected chi connectivity index (χ3v) is 8.74. The third kappa shape index (κ3) is 3.18. The van der Waals surface area contributed by atoms with Crippen LogP contribution < -0.4 is 0 Å². The van der Waals surface area contributed by atoms with Crippen LogP contribution in [0, 0.1) is 0 Å². The molecule has 1 nitrogen and oxygen atoms in total. The monoisotopic (exact) mass is 519 g/mol. The first-order valence-electron chi connectivity index (χ1n) is 14.2. The van der Waals surface area contributed by atoms with Gasteiger partial charge >= 0.3 is 0 Å². The fourth-order valence-electron chi connectivity index (χ4n) is 7.01. The van der Waals surface area contributed by atoms with Crippen LogP contribution >= 0.6 is 0 Å². The molecule has 0 bridgehead atoms. The second-order valence-electron chi connectivity index (χ2n) is 10.9. The van der Waals surface area contributed by atoms with Gasteiger partial charge < -0.3 is 4.57 Å². The SMILES string of the molecule is c1ccc2c(-c3cc4cc(-n5c6ccccc6c6ccccc65)c5ccccc5c4c4ccccc34)cccc2c1. The Morgan fingerprint density at radius 3 is 1.54 bits per heavy atom. The van der Waals surface area contributed by atoms with Crippen molar-refractivity contribution in [2.24, 2.45) is 0 Å². The number of aromatic nitrogens is 1. The molecule has 8 aromatic carbocycles. The number of fused-ring (bicyclic) bond motifs is 9. The number of para-hydroxylation sites is 2. The maximum atomic E-state index is 2.46. The molecule has 0 saturated heterocycles. The fourth-order valence-corrected chi connectivity index (χ4v) is 7.01. The highest BCUT2D eigenvalue weighted by Gasteiger charge is 2.18. The van der Waals surface area contributed by atoms with E-state index >= 15 is 0 Å². The first-order valence-corrected chi connectivity index (χ1v) is 14.2. The summed E-state index contributed by atoms with van der Waals surface area (Å²) < 4.78 is 2.46. The number of hydrogen-bond donors (Lipinski definition) is 0. The van der Waals surface area contributed by atoms with Crippen molar-refractivity contribution in [3.63, 3.8) is 0 Å². The average Bonchev–Trinajstić information content (AvgIpc) is 3.38. The summed E-state index contributed by atoms with van der Waals surface area (Å²) in [5.74, 6) is 0. The fraction of sp³-hybridized carbons (Fsp3) is 0. The van der Waals surface area contributed by atoms with Gasteiger partial charge in [0.1, 0.15) is 0 Å². The highest BCUT2D eigenvalue weighted by Crippen LogP contribution is 2.43. The molecule has 0 unspecified atom stereocenters. The Kier molecular flexibility index (Phi) is 4.67. The van der Waals surface area contributed by atoms with Gasteiger partial charge in [-0.2, -0.15) is 0 Å². The topological polar surface area (TPSA) is 4.93 Å². The molecule has 9 aromatic rings. The molecule has 0 saturated carbocycles. The quantitative estimate of drug-likeness (QED) is 0.200. The second kappa shape index (κ2) is 8.55. The molecule has 1 aromatic heterocycles. The van der Waals surface area contributed by atoms with E-state index < -0.39 is 0 Å². The molecule has 0 aliphatic carbocycles. The zero-order valence-electron chi connectivity index (χ0n) is 22.4. The number of rotatable bonds is 2. The number of nitrogens with zero attached hydrogens (tertiary/aromatic N) is 1. The van der Waals surface area contributed by atoms with E-state index in [4.69, 9.17) is 0 Å². The normalized spacial score (nSPS) is 11.9. The van der Waals surface area contributed by atoms with Crippen LogP contribution in [0.3, 0.4) is 0 Å². The Morgan fingerprint density at radius 1 is 0.317 bits per heavy atom. The summed E-state index contributed by atoms with van der Waals surface area (Å²) in [6.07, 6.45) is 0. The van der Waals surface area contributed by atoms with Crippen molar-refractivity contribution in [2.75, 3.05) is 0 Å². The molecule has 1 heteroatoms. The molecule has 0 aliphatic rings.